The fourth-order valence-corrected chi connectivity index (χ4v) is 2.83. The lowest BCUT2D eigenvalue weighted by atomic mass is 10.1. The number of anilines is 1. The van der Waals surface area contributed by atoms with Gasteiger partial charge in [-0.1, -0.05) is 48.5 Å². The molecule has 2 N–H and O–H groups in total. The van der Waals surface area contributed by atoms with Crippen LogP contribution in [0.2, 0.25) is 0 Å². The van der Waals surface area contributed by atoms with Crippen molar-refractivity contribution in [2.45, 2.75) is 0 Å². The second-order valence-corrected chi connectivity index (χ2v) is 6.01. The van der Waals surface area contributed by atoms with Crippen molar-refractivity contribution >= 4 is 12.2 Å². The first-order valence-electron chi connectivity index (χ1n) is 8.72. The molecule has 0 fully saturated rings. The van der Waals surface area contributed by atoms with Crippen molar-refractivity contribution in [1.82, 2.24) is 19.5 Å². The van der Waals surface area contributed by atoms with E-state index in [0.717, 1.165) is 11.3 Å². The summed E-state index contributed by atoms with van der Waals surface area (Å²) in [5.74, 6) is 0.143. The fourth-order valence-electron chi connectivity index (χ4n) is 2.83. The predicted molar refractivity (Wildman–Crippen MR) is 110 cm³/mol. The first-order valence-corrected chi connectivity index (χ1v) is 8.72. The Morgan fingerprint density at radius 3 is 2.69 bits per heavy atom. The zero-order valence-corrected chi connectivity index (χ0v) is 15.1. The minimum absolute atomic E-state index is 0.0452. The molecule has 0 radical (unpaired) electrons. The molecule has 0 amide bonds. The SMILES string of the molecule is N#Cc1c(-c2ccccc2)nc(NN=Cc2ccccc2-n2ccnc2)[nH]c1=O. The number of hydrogen-bond acceptors (Lipinski definition) is 6. The van der Waals surface area contributed by atoms with Gasteiger partial charge in [-0.2, -0.15) is 10.4 Å². The summed E-state index contributed by atoms with van der Waals surface area (Å²) in [6.45, 7) is 0. The maximum absolute atomic E-state index is 12.3. The maximum Gasteiger partial charge on any atom is 0.270 e. The third-order valence-electron chi connectivity index (χ3n) is 4.17. The van der Waals surface area contributed by atoms with Gasteiger partial charge in [-0.25, -0.2) is 15.4 Å². The minimum Gasteiger partial charge on any atom is -0.306 e. The van der Waals surface area contributed by atoms with Crippen LogP contribution in [0.3, 0.4) is 0 Å². The molecule has 0 saturated heterocycles. The molecule has 8 heteroatoms. The van der Waals surface area contributed by atoms with E-state index in [-0.39, 0.29) is 11.5 Å². The monoisotopic (exact) mass is 381 g/mol. The van der Waals surface area contributed by atoms with Crippen molar-refractivity contribution in [3.05, 3.63) is 94.8 Å². The van der Waals surface area contributed by atoms with E-state index in [1.165, 1.54) is 0 Å². The Labute approximate surface area is 165 Å². The van der Waals surface area contributed by atoms with E-state index in [1.54, 1.807) is 30.9 Å². The molecule has 0 saturated carbocycles. The van der Waals surface area contributed by atoms with Crippen LogP contribution in [0.1, 0.15) is 11.1 Å². The Morgan fingerprint density at radius 2 is 1.93 bits per heavy atom. The van der Waals surface area contributed by atoms with Crippen molar-refractivity contribution < 1.29 is 0 Å². The molecule has 8 nitrogen and oxygen atoms in total. The van der Waals surface area contributed by atoms with Gasteiger partial charge in [0.05, 0.1) is 23.9 Å². The lowest BCUT2D eigenvalue weighted by Crippen LogP contribution is -2.16. The van der Waals surface area contributed by atoms with Crippen LogP contribution in [0.15, 0.2) is 83.2 Å². The van der Waals surface area contributed by atoms with Crippen LogP contribution in [0.4, 0.5) is 5.95 Å². The van der Waals surface area contributed by atoms with Gasteiger partial charge in [0, 0.05) is 23.5 Å². The van der Waals surface area contributed by atoms with Crippen LogP contribution in [-0.4, -0.2) is 25.7 Å². The van der Waals surface area contributed by atoms with Gasteiger partial charge in [0.2, 0.25) is 5.95 Å². The molecule has 29 heavy (non-hydrogen) atoms. The summed E-state index contributed by atoms with van der Waals surface area (Å²) in [7, 11) is 0. The van der Waals surface area contributed by atoms with E-state index >= 15 is 0 Å². The van der Waals surface area contributed by atoms with Crippen LogP contribution in [0, 0.1) is 11.3 Å². The molecule has 2 aromatic carbocycles. The van der Waals surface area contributed by atoms with Gasteiger partial charge < -0.3 is 4.57 Å². The molecule has 0 unspecified atom stereocenters. The molecule has 2 aromatic heterocycles. The van der Waals surface area contributed by atoms with Crippen LogP contribution >= 0.6 is 0 Å². The molecule has 0 aliphatic rings. The molecule has 4 aromatic rings. The van der Waals surface area contributed by atoms with Crippen LogP contribution in [-0.2, 0) is 0 Å². The number of aromatic amines is 1. The average Bonchev–Trinajstić information content (AvgIpc) is 3.29. The molecular weight excluding hydrogens is 366 g/mol. The van der Waals surface area contributed by atoms with E-state index in [0.29, 0.717) is 11.3 Å². The van der Waals surface area contributed by atoms with Crippen LogP contribution in [0.25, 0.3) is 16.9 Å². The number of nitrogens with one attached hydrogen (secondary N) is 2. The lowest BCUT2D eigenvalue weighted by Gasteiger charge is -2.07. The summed E-state index contributed by atoms with van der Waals surface area (Å²) in [4.78, 5) is 23.2. The smallest absolute Gasteiger partial charge is 0.270 e. The standard InChI is InChI=1S/C21H15N7O/c22-12-17-19(15-6-2-1-3-7-15)25-21(26-20(17)29)27-24-13-16-8-4-5-9-18(16)28-11-10-23-14-28/h1-11,13-14H,(H2,25,26,27,29). The summed E-state index contributed by atoms with van der Waals surface area (Å²) >= 11 is 0. The normalized spacial score (nSPS) is 10.7. The van der Waals surface area contributed by atoms with E-state index in [2.05, 4.69) is 25.5 Å². The molecule has 0 spiro atoms. The molecule has 0 bridgehead atoms. The Morgan fingerprint density at radius 1 is 1.14 bits per heavy atom. The second kappa shape index (κ2) is 8.02. The largest absolute Gasteiger partial charge is 0.306 e. The summed E-state index contributed by atoms with van der Waals surface area (Å²) in [6.07, 6.45) is 6.86. The van der Waals surface area contributed by atoms with E-state index in [9.17, 15) is 10.1 Å². The van der Waals surface area contributed by atoms with Crippen molar-refractivity contribution in [3.63, 3.8) is 0 Å². The number of para-hydroxylation sites is 1. The summed E-state index contributed by atoms with van der Waals surface area (Å²) < 4.78 is 1.87. The van der Waals surface area contributed by atoms with Crippen molar-refractivity contribution in [3.8, 4) is 23.0 Å². The number of nitriles is 1. The van der Waals surface area contributed by atoms with Crippen LogP contribution in [0.5, 0.6) is 0 Å². The van der Waals surface area contributed by atoms with Crippen molar-refractivity contribution in [2.24, 2.45) is 5.10 Å². The number of nitrogens with zero attached hydrogens (tertiary/aromatic N) is 5. The van der Waals surface area contributed by atoms with Gasteiger partial charge in [-0.3, -0.25) is 9.78 Å². The minimum atomic E-state index is -0.530. The highest BCUT2D eigenvalue weighted by atomic mass is 16.1. The number of hydrogen-bond donors (Lipinski definition) is 2. The average molecular weight is 381 g/mol. The highest BCUT2D eigenvalue weighted by molar-refractivity contribution is 5.85. The van der Waals surface area contributed by atoms with Gasteiger partial charge in [0.1, 0.15) is 11.6 Å². The summed E-state index contributed by atoms with van der Waals surface area (Å²) in [6, 6.07) is 18.6. The molecule has 140 valence electrons. The fraction of sp³-hybridized carbons (Fsp3) is 0. The van der Waals surface area contributed by atoms with Gasteiger partial charge in [0.15, 0.2) is 0 Å². The topological polar surface area (TPSA) is 112 Å². The summed E-state index contributed by atoms with van der Waals surface area (Å²) in [5.41, 5.74) is 4.88. The number of rotatable bonds is 5. The molecule has 0 aliphatic carbocycles. The van der Waals surface area contributed by atoms with E-state index in [1.807, 2.05) is 59.3 Å². The first-order chi connectivity index (χ1) is 14.3. The molecule has 2 heterocycles. The number of aromatic nitrogens is 4. The van der Waals surface area contributed by atoms with Gasteiger partial charge >= 0.3 is 0 Å². The molecule has 0 aliphatic heterocycles. The Balaban J connectivity index is 1.64. The Bertz CT molecular complexity index is 1250. The van der Waals surface area contributed by atoms with Crippen molar-refractivity contribution in [1.29, 1.82) is 5.26 Å². The van der Waals surface area contributed by atoms with E-state index in [4.69, 9.17) is 0 Å². The van der Waals surface area contributed by atoms with E-state index < -0.39 is 5.56 Å². The number of H-pyrrole nitrogens is 1. The number of benzene rings is 2. The zero-order chi connectivity index (χ0) is 20.1. The van der Waals surface area contributed by atoms with Gasteiger partial charge in [0.25, 0.3) is 5.56 Å². The second-order valence-electron chi connectivity index (χ2n) is 6.01. The number of imidazole rings is 1. The quantitative estimate of drug-likeness (QED) is 0.408. The zero-order valence-electron chi connectivity index (χ0n) is 15.1. The molecule has 0 atom stereocenters. The maximum atomic E-state index is 12.3. The summed E-state index contributed by atoms with van der Waals surface area (Å²) in [5, 5.41) is 13.5. The van der Waals surface area contributed by atoms with Gasteiger partial charge in [-0.15, -0.1) is 0 Å². The third-order valence-corrected chi connectivity index (χ3v) is 4.17. The highest BCUT2D eigenvalue weighted by Gasteiger charge is 2.12. The highest BCUT2D eigenvalue weighted by Crippen LogP contribution is 2.19. The van der Waals surface area contributed by atoms with Gasteiger partial charge in [-0.05, 0) is 6.07 Å². The first kappa shape index (κ1) is 17.9. The number of hydrazone groups is 1. The lowest BCUT2D eigenvalue weighted by molar-refractivity contribution is 1.05. The Kier molecular flexibility index (Phi) is 4.95. The molecular formula is C21H15N7O. The predicted octanol–water partition coefficient (Wildman–Crippen LogP) is 2.94. The van der Waals surface area contributed by atoms with Crippen LogP contribution < -0.4 is 11.0 Å². The Hall–Kier alpha value is -4.51. The molecule has 4 rings (SSSR count). The van der Waals surface area contributed by atoms with Crippen molar-refractivity contribution in [2.75, 3.05) is 5.43 Å². The third kappa shape index (κ3) is 3.79.